The van der Waals surface area contributed by atoms with Crippen LogP contribution in [0.1, 0.15) is 37.4 Å². The third-order valence-corrected chi connectivity index (χ3v) is 4.15. The number of aromatic nitrogens is 2. The quantitative estimate of drug-likeness (QED) is 0.625. The van der Waals surface area contributed by atoms with Crippen molar-refractivity contribution >= 4 is 51.7 Å². The number of benzene rings is 1. The predicted molar refractivity (Wildman–Crippen MR) is 87.1 cm³/mol. The van der Waals surface area contributed by atoms with Crippen LogP contribution in [0.15, 0.2) is 12.1 Å². The van der Waals surface area contributed by atoms with Crippen molar-refractivity contribution in [1.82, 2.24) is 9.55 Å². The lowest BCUT2D eigenvalue weighted by atomic mass is 10.2. The van der Waals surface area contributed by atoms with Crippen LogP contribution in [-0.4, -0.2) is 15.5 Å². The first-order valence-electron chi connectivity index (χ1n) is 6.67. The van der Waals surface area contributed by atoms with Crippen LogP contribution in [0.25, 0.3) is 11.0 Å². The summed E-state index contributed by atoms with van der Waals surface area (Å²) in [4.78, 5) is 15.3. The SMILES string of the molecule is CC(Cl)c1nc2cc(Cl)c(Cl)cc2n1CCCCC(N)=O. The Morgan fingerprint density at radius 1 is 1.33 bits per heavy atom. The van der Waals surface area contributed by atoms with Crippen molar-refractivity contribution < 1.29 is 4.79 Å². The van der Waals surface area contributed by atoms with Gasteiger partial charge < -0.3 is 10.3 Å². The highest BCUT2D eigenvalue weighted by Gasteiger charge is 2.16. The minimum atomic E-state index is -0.286. The van der Waals surface area contributed by atoms with Gasteiger partial charge in [0.05, 0.1) is 26.5 Å². The zero-order valence-corrected chi connectivity index (χ0v) is 13.8. The molecule has 0 saturated carbocycles. The fourth-order valence-corrected chi connectivity index (χ4v) is 2.73. The van der Waals surface area contributed by atoms with Gasteiger partial charge in [-0.15, -0.1) is 11.6 Å². The summed E-state index contributed by atoms with van der Waals surface area (Å²) < 4.78 is 2.02. The van der Waals surface area contributed by atoms with Crippen molar-refractivity contribution in [3.63, 3.8) is 0 Å². The number of nitrogens with zero attached hydrogens (tertiary/aromatic N) is 2. The number of imidazole rings is 1. The molecule has 0 bridgehead atoms. The van der Waals surface area contributed by atoms with E-state index in [-0.39, 0.29) is 11.3 Å². The van der Waals surface area contributed by atoms with Crippen LogP contribution in [0.5, 0.6) is 0 Å². The van der Waals surface area contributed by atoms with Gasteiger partial charge in [0.2, 0.25) is 5.91 Å². The first kappa shape index (κ1) is 16.4. The van der Waals surface area contributed by atoms with E-state index in [2.05, 4.69) is 4.98 Å². The second-order valence-electron chi connectivity index (χ2n) is 4.92. The van der Waals surface area contributed by atoms with Gasteiger partial charge in [0.15, 0.2) is 0 Å². The molecule has 1 aromatic carbocycles. The van der Waals surface area contributed by atoms with Gasteiger partial charge in [0, 0.05) is 13.0 Å². The molecule has 1 heterocycles. The Morgan fingerprint density at radius 2 is 2.00 bits per heavy atom. The maximum atomic E-state index is 10.8. The summed E-state index contributed by atoms with van der Waals surface area (Å²) in [7, 11) is 0. The molecule has 2 N–H and O–H groups in total. The van der Waals surface area contributed by atoms with E-state index in [1.807, 2.05) is 11.5 Å². The van der Waals surface area contributed by atoms with E-state index >= 15 is 0 Å². The van der Waals surface area contributed by atoms with Crippen molar-refractivity contribution in [3.05, 3.63) is 28.0 Å². The topological polar surface area (TPSA) is 60.9 Å². The number of unbranched alkanes of at least 4 members (excludes halogenated alkanes) is 1. The standard InChI is InChI=1S/C14H16Cl3N3O/c1-8(15)14-19-11-6-9(16)10(17)7-12(11)20(14)5-3-2-4-13(18)21/h6-8H,2-5H2,1H3,(H2,18,21). The second kappa shape index (κ2) is 6.86. The fraction of sp³-hybridized carbons (Fsp3) is 0.429. The maximum Gasteiger partial charge on any atom is 0.217 e. The molecule has 21 heavy (non-hydrogen) atoms. The number of amides is 1. The molecule has 1 atom stereocenters. The first-order chi connectivity index (χ1) is 9.90. The minimum absolute atomic E-state index is 0.230. The Kier molecular flexibility index (Phi) is 5.36. The van der Waals surface area contributed by atoms with Crippen molar-refractivity contribution in [2.45, 2.75) is 38.1 Å². The molecule has 1 amide bonds. The van der Waals surface area contributed by atoms with Crippen molar-refractivity contribution in [3.8, 4) is 0 Å². The molecule has 0 aliphatic carbocycles. The molecule has 7 heteroatoms. The molecule has 0 radical (unpaired) electrons. The summed E-state index contributed by atoms with van der Waals surface area (Å²) in [5.74, 6) is 0.482. The van der Waals surface area contributed by atoms with E-state index in [9.17, 15) is 4.79 Å². The fourth-order valence-electron chi connectivity index (χ4n) is 2.25. The number of rotatable bonds is 6. The van der Waals surface area contributed by atoms with Crippen molar-refractivity contribution in [2.75, 3.05) is 0 Å². The monoisotopic (exact) mass is 347 g/mol. The van der Waals surface area contributed by atoms with Crippen LogP contribution >= 0.6 is 34.8 Å². The number of carbonyl (C=O) groups is 1. The normalized spacial score (nSPS) is 12.8. The number of aryl methyl sites for hydroxylation is 1. The summed E-state index contributed by atoms with van der Waals surface area (Å²) in [6.45, 7) is 2.57. The predicted octanol–water partition coefficient (Wildman–Crippen LogP) is 4.30. The molecule has 114 valence electrons. The highest BCUT2D eigenvalue weighted by atomic mass is 35.5. The van der Waals surface area contributed by atoms with Crippen LogP contribution in [0, 0.1) is 0 Å². The summed E-state index contributed by atoms with van der Waals surface area (Å²) in [5.41, 5.74) is 6.81. The van der Waals surface area contributed by atoms with Gasteiger partial charge in [-0.25, -0.2) is 4.98 Å². The Morgan fingerprint density at radius 3 is 2.62 bits per heavy atom. The van der Waals surface area contributed by atoms with Crippen LogP contribution in [0.3, 0.4) is 0 Å². The number of hydrogen-bond acceptors (Lipinski definition) is 2. The van der Waals surface area contributed by atoms with Crippen molar-refractivity contribution in [2.24, 2.45) is 5.73 Å². The van der Waals surface area contributed by atoms with Gasteiger partial charge in [-0.05, 0) is 31.9 Å². The van der Waals surface area contributed by atoms with Crippen LogP contribution < -0.4 is 5.73 Å². The highest BCUT2D eigenvalue weighted by Crippen LogP contribution is 2.31. The van der Waals surface area contributed by atoms with E-state index in [4.69, 9.17) is 40.5 Å². The molecule has 1 aromatic heterocycles. The Hall–Kier alpha value is -0.970. The lowest BCUT2D eigenvalue weighted by Gasteiger charge is -2.10. The molecule has 2 rings (SSSR count). The minimum Gasteiger partial charge on any atom is -0.370 e. The van der Waals surface area contributed by atoms with Crippen LogP contribution in [0.2, 0.25) is 10.0 Å². The maximum absolute atomic E-state index is 10.8. The molecular formula is C14H16Cl3N3O. The van der Waals surface area contributed by atoms with E-state index in [1.54, 1.807) is 12.1 Å². The molecule has 4 nitrogen and oxygen atoms in total. The van der Waals surface area contributed by atoms with Gasteiger partial charge in [-0.1, -0.05) is 23.2 Å². The summed E-state index contributed by atoms with van der Waals surface area (Å²) in [5, 5.41) is 0.721. The number of fused-ring (bicyclic) bond motifs is 1. The molecule has 2 aromatic rings. The van der Waals surface area contributed by atoms with Gasteiger partial charge in [0.25, 0.3) is 0 Å². The zero-order chi connectivity index (χ0) is 15.6. The van der Waals surface area contributed by atoms with Gasteiger partial charge in [-0.3, -0.25) is 4.79 Å². The molecule has 0 aliphatic heterocycles. The average molecular weight is 349 g/mol. The van der Waals surface area contributed by atoms with E-state index < -0.39 is 0 Å². The zero-order valence-electron chi connectivity index (χ0n) is 11.6. The summed E-state index contributed by atoms with van der Waals surface area (Å²) in [6, 6.07) is 3.53. The molecule has 0 aliphatic rings. The molecule has 0 spiro atoms. The Balaban J connectivity index is 2.32. The number of alkyl halides is 1. The third kappa shape index (κ3) is 3.82. The van der Waals surface area contributed by atoms with Crippen LogP contribution in [0.4, 0.5) is 0 Å². The number of carbonyl (C=O) groups excluding carboxylic acids is 1. The largest absolute Gasteiger partial charge is 0.370 e. The lowest BCUT2D eigenvalue weighted by Crippen LogP contribution is -2.11. The number of halogens is 3. The van der Waals surface area contributed by atoms with Gasteiger partial charge >= 0.3 is 0 Å². The van der Waals surface area contributed by atoms with E-state index in [1.165, 1.54) is 0 Å². The smallest absolute Gasteiger partial charge is 0.217 e. The third-order valence-electron chi connectivity index (χ3n) is 3.23. The summed E-state index contributed by atoms with van der Waals surface area (Å²) >= 11 is 18.3. The van der Waals surface area contributed by atoms with Crippen LogP contribution in [-0.2, 0) is 11.3 Å². The Bertz CT molecular complexity index is 667. The first-order valence-corrected chi connectivity index (χ1v) is 7.87. The van der Waals surface area contributed by atoms with E-state index in [0.29, 0.717) is 23.0 Å². The molecule has 0 fully saturated rings. The lowest BCUT2D eigenvalue weighted by molar-refractivity contribution is -0.118. The number of hydrogen-bond donors (Lipinski definition) is 1. The van der Waals surface area contributed by atoms with Gasteiger partial charge in [0.1, 0.15) is 5.82 Å². The second-order valence-corrected chi connectivity index (χ2v) is 6.39. The average Bonchev–Trinajstić information content (AvgIpc) is 2.73. The molecule has 0 saturated heterocycles. The van der Waals surface area contributed by atoms with E-state index in [0.717, 1.165) is 29.7 Å². The molecular weight excluding hydrogens is 333 g/mol. The van der Waals surface area contributed by atoms with Gasteiger partial charge in [-0.2, -0.15) is 0 Å². The summed E-state index contributed by atoms with van der Waals surface area (Å²) in [6.07, 6.45) is 1.92. The Labute approximate surface area is 138 Å². The highest BCUT2D eigenvalue weighted by molar-refractivity contribution is 6.42. The van der Waals surface area contributed by atoms with Crippen molar-refractivity contribution in [1.29, 1.82) is 0 Å². The molecule has 1 unspecified atom stereocenters. The number of nitrogens with two attached hydrogens (primary N) is 1. The number of primary amides is 1.